The second-order valence-electron chi connectivity index (χ2n) is 2.43. The third-order valence-corrected chi connectivity index (χ3v) is 1.39. The molecule has 1 heterocycles. The van der Waals surface area contributed by atoms with Gasteiger partial charge in [0.2, 0.25) is 0 Å². The van der Waals surface area contributed by atoms with E-state index in [2.05, 4.69) is 26.3 Å². The molecule has 1 aromatic heterocycles. The van der Waals surface area contributed by atoms with Gasteiger partial charge in [-0.1, -0.05) is 0 Å². The highest BCUT2D eigenvalue weighted by atomic mass is 16.2. The number of hydrogen-bond acceptors (Lipinski definition) is 5. The fourth-order valence-corrected chi connectivity index (χ4v) is 0.797. The lowest BCUT2D eigenvalue weighted by molar-refractivity contribution is 0.252. The van der Waals surface area contributed by atoms with E-state index in [9.17, 15) is 4.79 Å². The predicted octanol–water partition coefficient (Wildman–Crippen LogP) is -0.0964. The van der Waals surface area contributed by atoms with Gasteiger partial charge < -0.3 is 10.7 Å². The number of amides is 2. The standard InChI is InChI=1S/C7H12N6O/c1-2-9-7(14)10-5-3-4-6(11-8)13-12-5/h3-4H,2,8H2,1H3,(H,11,13)(H2,9,10,12,14). The second-order valence-corrected chi connectivity index (χ2v) is 2.43. The zero-order valence-corrected chi connectivity index (χ0v) is 7.74. The van der Waals surface area contributed by atoms with E-state index in [1.165, 1.54) is 0 Å². The van der Waals surface area contributed by atoms with Gasteiger partial charge in [-0.15, -0.1) is 10.2 Å². The quantitative estimate of drug-likeness (QED) is 0.399. The van der Waals surface area contributed by atoms with E-state index in [4.69, 9.17) is 5.84 Å². The van der Waals surface area contributed by atoms with Crippen LogP contribution in [0.15, 0.2) is 12.1 Å². The summed E-state index contributed by atoms with van der Waals surface area (Å²) < 4.78 is 0. The summed E-state index contributed by atoms with van der Waals surface area (Å²) >= 11 is 0. The molecule has 0 bridgehead atoms. The Hall–Kier alpha value is -1.89. The van der Waals surface area contributed by atoms with Crippen molar-refractivity contribution < 1.29 is 4.79 Å². The van der Waals surface area contributed by atoms with Crippen LogP contribution in [0.25, 0.3) is 0 Å². The molecule has 14 heavy (non-hydrogen) atoms. The molecule has 1 rings (SSSR count). The Kier molecular flexibility index (Phi) is 3.62. The minimum atomic E-state index is -0.310. The van der Waals surface area contributed by atoms with Crippen LogP contribution < -0.4 is 21.9 Å². The lowest BCUT2D eigenvalue weighted by atomic mass is 10.5. The third kappa shape index (κ3) is 2.87. The Morgan fingerprint density at radius 2 is 2.07 bits per heavy atom. The molecular weight excluding hydrogens is 184 g/mol. The van der Waals surface area contributed by atoms with Crippen LogP contribution in [-0.4, -0.2) is 22.8 Å². The van der Waals surface area contributed by atoms with Crippen molar-refractivity contribution in [2.75, 3.05) is 17.3 Å². The summed E-state index contributed by atoms with van der Waals surface area (Å²) in [5.41, 5.74) is 2.33. The monoisotopic (exact) mass is 196 g/mol. The van der Waals surface area contributed by atoms with Crippen LogP contribution in [0.2, 0.25) is 0 Å². The molecule has 7 nitrogen and oxygen atoms in total. The first-order chi connectivity index (χ1) is 6.76. The van der Waals surface area contributed by atoms with E-state index in [1.54, 1.807) is 12.1 Å². The van der Waals surface area contributed by atoms with E-state index in [-0.39, 0.29) is 6.03 Å². The molecule has 0 saturated carbocycles. The van der Waals surface area contributed by atoms with Gasteiger partial charge in [0.1, 0.15) is 0 Å². The highest BCUT2D eigenvalue weighted by Gasteiger charge is 2.00. The molecule has 0 spiro atoms. The third-order valence-electron chi connectivity index (χ3n) is 1.39. The van der Waals surface area contributed by atoms with Crippen molar-refractivity contribution >= 4 is 17.7 Å². The Morgan fingerprint density at radius 1 is 1.43 bits per heavy atom. The van der Waals surface area contributed by atoms with Gasteiger partial charge in [-0.05, 0) is 19.1 Å². The van der Waals surface area contributed by atoms with Crippen molar-refractivity contribution in [1.82, 2.24) is 15.5 Å². The van der Waals surface area contributed by atoms with Crippen LogP contribution in [0, 0.1) is 0 Å². The zero-order valence-electron chi connectivity index (χ0n) is 7.74. The average molecular weight is 196 g/mol. The number of rotatable bonds is 3. The fraction of sp³-hybridized carbons (Fsp3) is 0.286. The summed E-state index contributed by atoms with van der Waals surface area (Å²) in [6.07, 6.45) is 0. The molecule has 0 radical (unpaired) electrons. The number of nitrogens with zero attached hydrogens (tertiary/aromatic N) is 2. The van der Waals surface area contributed by atoms with Crippen LogP contribution in [0.1, 0.15) is 6.92 Å². The summed E-state index contributed by atoms with van der Waals surface area (Å²) in [4.78, 5) is 11.0. The van der Waals surface area contributed by atoms with Crippen molar-refractivity contribution in [3.63, 3.8) is 0 Å². The molecule has 2 amide bonds. The van der Waals surface area contributed by atoms with E-state index >= 15 is 0 Å². The topological polar surface area (TPSA) is 105 Å². The second kappa shape index (κ2) is 4.97. The van der Waals surface area contributed by atoms with Gasteiger partial charge in [-0.2, -0.15) is 0 Å². The maximum atomic E-state index is 11.0. The largest absolute Gasteiger partial charge is 0.338 e. The number of urea groups is 1. The molecule has 0 aliphatic heterocycles. The smallest absolute Gasteiger partial charge is 0.320 e. The number of aromatic nitrogens is 2. The number of carbonyl (C=O) groups excluding carboxylic acids is 1. The van der Waals surface area contributed by atoms with Gasteiger partial charge in [-0.25, -0.2) is 10.6 Å². The van der Waals surface area contributed by atoms with E-state index in [0.29, 0.717) is 18.2 Å². The average Bonchev–Trinajstić information content (AvgIpc) is 2.19. The zero-order chi connectivity index (χ0) is 10.4. The molecule has 0 aliphatic rings. The number of anilines is 2. The van der Waals surface area contributed by atoms with E-state index in [0.717, 1.165) is 0 Å². The first-order valence-corrected chi connectivity index (χ1v) is 4.11. The summed E-state index contributed by atoms with van der Waals surface area (Å²) in [7, 11) is 0. The molecule has 0 fully saturated rings. The number of hydrazine groups is 1. The van der Waals surface area contributed by atoms with Gasteiger partial charge in [0.15, 0.2) is 11.6 Å². The molecule has 76 valence electrons. The van der Waals surface area contributed by atoms with Crippen molar-refractivity contribution in [3.8, 4) is 0 Å². The van der Waals surface area contributed by atoms with Gasteiger partial charge >= 0.3 is 6.03 Å². The van der Waals surface area contributed by atoms with E-state index < -0.39 is 0 Å². The minimum absolute atomic E-state index is 0.310. The first kappa shape index (κ1) is 10.2. The van der Waals surface area contributed by atoms with Crippen LogP contribution in [0.4, 0.5) is 16.4 Å². The number of nitrogens with two attached hydrogens (primary N) is 1. The van der Waals surface area contributed by atoms with Crippen molar-refractivity contribution in [2.24, 2.45) is 5.84 Å². The molecule has 0 unspecified atom stereocenters. The fourth-order valence-electron chi connectivity index (χ4n) is 0.797. The van der Waals surface area contributed by atoms with Crippen molar-refractivity contribution in [1.29, 1.82) is 0 Å². The molecule has 0 aliphatic carbocycles. The lowest BCUT2D eigenvalue weighted by Crippen LogP contribution is -2.28. The predicted molar refractivity (Wildman–Crippen MR) is 52.5 cm³/mol. The SMILES string of the molecule is CCNC(=O)Nc1ccc(NN)nn1. The number of carbonyl (C=O) groups is 1. The number of hydrogen-bond donors (Lipinski definition) is 4. The summed E-state index contributed by atoms with van der Waals surface area (Å²) in [5.74, 6) is 5.90. The highest BCUT2D eigenvalue weighted by Crippen LogP contribution is 2.03. The van der Waals surface area contributed by atoms with Crippen LogP contribution in [0.3, 0.4) is 0 Å². The first-order valence-electron chi connectivity index (χ1n) is 4.11. The van der Waals surface area contributed by atoms with Crippen LogP contribution >= 0.6 is 0 Å². The normalized spacial score (nSPS) is 9.29. The highest BCUT2D eigenvalue weighted by molar-refractivity contribution is 5.88. The maximum absolute atomic E-state index is 11.0. The molecule has 5 N–H and O–H groups in total. The van der Waals surface area contributed by atoms with Gasteiger partial charge in [0.25, 0.3) is 0 Å². The van der Waals surface area contributed by atoms with Crippen LogP contribution in [-0.2, 0) is 0 Å². The number of nitrogen functional groups attached to an aromatic ring is 1. The Bertz CT molecular complexity index is 298. The van der Waals surface area contributed by atoms with Gasteiger partial charge in [0, 0.05) is 6.54 Å². The Morgan fingerprint density at radius 3 is 2.57 bits per heavy atom. The summed E-state index contributed by atoms with van der Waals surface area (Å²) in [5, 5.41) is 12.5. The summed E-state index contributed by atoms with van der Waals surface area (Å²) in [6, 6.07) is 2.89. The van der Waals surface area contributed by atoms with Crippen LogP contribution in [0.5, 0.6) is 0 Å². The Labute approximate surface area is 81.1 Å². The molecule has 0 saturated heterocycles. The summed E-state index contributed by atoms with van der Waals surface area (Å²) in [6.45, 7) is 2.38. The maximum Gasteiger partial charge on any atom is 0.320 e. The van der Waals surface area contributed by atoms with Crippen molar-refractivity contribution in [3.05, 3.63) is 12.1 Å². The van der Waals surface area contributed by atoms with Gasteiger partial charge in [-0.3, -0.25) is 5.32 Å². The van der Waals surface area contributed by atoms with E-state index in [1.807, 2.05) is 6.92 Å². The Balaban J connectivity index is 2.55. The van der Waals surface area contributed by atoms with Crippen molar-refractivity contribution in [2.45, 2.75) is 6.92 Å². The molecule has 0 aromatic carbocycles. The molecule has 1 aromatic rings. The minimum Gasteiger partial charge on any atom is -0.338 e. The molecule has 0 atom stereocenters. The molecular formula is C7H12N6O. The van der Waals surface area contributed by atoms with Gasteiger partial charge in [0.05, 0.1) is 0 Å². The lowest BCUT2D eigenvalue weighted by Gasteiger charge is -2.04. The number of nitrogens with one attached hydrogen (secondary N) is 3. The molecule has 7 heteroatoms.